The second-order valence-electron chi connectivity index (χ2n) is 8.33. The molecule has 1 aliphatic rings. The second kappa shape index (κ2) is 11.2. The third-order valence-corrected chi connectivity index (χ3v) is 7.94. The van der Waals surface area contributed by atoms with Crippen molar-refractivity contribution < 1.29 is 27.4 Å². The van der Waals surface area contributed by atoms with Crippen molar-refractivity contribution in [2.75, 3.05) is 32.7 Å². The fourth-order valence-electron chi connectivity index (χ4n) is 4.08. The highest BCUT2D eigenvalue weighted by atomic mass is 35.5. The summed E-state index contributed by atoms with van der Waals surface area (Å²) in [5.41, 5.74) is 0.462. The van der Waals surface area contributed by atoms with Crippen LogP contribution in [0.3, 0.4) is 0 Å². The first kappa shape index (κ1) is 27.0. The molecule has 0 aliphatic heterocycles. The number of hydrogen-bond donors (Lipinski definition) is 1. The Kier molecular flexibility index (Phi) is 8.17. The summed E-state index contributed by atoms with van der Waals surface area (Å²) in [7, 11) is 0.327. The smallest absolute Gasteiger partial charge is 0.243 e. The Balaban J connectivity index is 1.76. The van der Waals surface area contributed by atoms with Crippen LogP contribution in [-0.4, -0.2) is 72.4 Å². The van der Waals surface area contributed by atoms with Gasteiger partial charge in [-0.15, -0.1) is 10.2 Å². The van der Waals surface area contributed by atoms with E-state index in [4.69, 9.17) is 30.5 Å². The van der Waals surface area contributed by atoms with Crippen LogP contribution < -0.4 is 14.2 Å². The fraction of sp³-hybridized carbons (Fsp3) is 0.478. The molecule has 3 aromatic rings. The van der Waals surface area contributed by atoms with E-state index in [2.05, 4.69) is 24.9 Å². The maximum atomic E-state index is 13.6. The largest absolute Gasteiger partial charge is 0.494 e. The van der Waals surface area contributed by atoms with Gasteiger partial charge in [-0.3, -0.25) is 9.29 Å². The molecule has 4 atom stereocenters. The Morgan fingerprint density at radius 3 is 2.35 bits per heavy atom. The lowest BCUT2D eigenvalue weighted by molar-refractivity contribution is 0.0950. The molecular formula is C23H29ClN6O6S. The summed E-state index contributed by atoms with van der Waals surface area (Å²) in [5.74, 6) is 1.50. The Morgan fingerprint density at radius 2 is 1.78 bits per heavy atom. The number of ether oxygens (including phenoxy) is 4. The highest BCUT2D eigenvalue weighted by molar-refractivity contribution is 7.93. The SMILES string of the molecule is CCO[C@H]1C[C@H]1c1nnc(NS(=O)(=O)C(C)C(OC)c2ncc(Cl)cn2)n1-c1c(OC)cccc1OC. The van der Waals surface area contributed by atoms with E-state index in [-0.39, 0.29) is 23.8 Å². The molecule has 12 nitrogen and oxygen atoms in total. The topological polar surface area (TPSA) is 140 Å². The molecule has 1 aliphatic carbocycles. The lowest BCUT2D eigenvalue weighted by Crippen LogP contribution is -2.33. The number of benzene rings is 1. The number of aromatic nitrogens is 5. The standard InChI is InChI=1S/C23H29ClN6O6S/c1-6-36-18-10-15(18)22-27-28-23(30(22)19-16(33-3)8-7-9-17(19)34-4)29-37(31,32)13(2)20(35-5)21-25-11-14(24)12-26-21/h7-9,11-13,15,18,20H,6,10H2,1-5H3,(H,28,29)/t13?,15-,18+,20?/m1/s1. The zero-order valence-corrected chi connectivity index (χ0v) is 22.7. The van der Waals surface area contributed by atoms with Gasteiger partial charge in [-0.2, -0.15) is 0 Å². The summed E-state index contributed by atoms with van der Waals surface area (Å²) < 4.78 is 53.7. The summed E-state index contributed by atoms with van der Waals surface area (Å²) in [6.07, 6.45) is 2.47. The van der Waals surface area contributed by atoms with Gasteiger partial charge in [-0.25, -0.2) is 18.4 Å². The van der Waals surface area contributed by atoms with E-state index in [1.165, 1.54) is 40.6 Å². The maximum absolute atomic E-state index is 13.6. The predicted molar refractivity (Wildman–Crippen MR) is 136 cm³/mol. The Hall–Kier alpha value is -3.00. The van der Waals surface area contributed by atoms with Gasteiger partial charge in [-0.05, 0) is 32.4 Å². The first-order valence-electron chi connectivity index (χ1n) is 11.6. The third-order valence-electron chi connectivity index (χ3n) is 6.06. The van der Waals surface area contributed by atoms with Gasteiger partial charge in [0.05, 0.1) is 25.3 Å². The van der Waals surface area contributed by atoms with Crippen molar-refractivity contribution in [3.63, 3.8) is 0 Å². The number of para-hydroxylation sites is 1. The molecule has 0 radical (unpaired) electrons. The molecule has 37 heavy (non-hydrogen) atoms. The minimum Gasteiger partial charge on any atom is -0.494 e. The van der Waals surface area contributed by atoms with E-state index in [1.807, 2.05) is 6.92 Å². The van der Waals surface area contributed by atoms with Gasteiger partial charge < -0.3 is 18.9 Å². The third kappa shape index (κ3) is 5.49. The number of rotatable bonds is 12. The minimum atomic E-state index is -4.09. The van der Waals surface area contributed by atoms with Crippen molar-refractivity contribution >= 4 is 27.6 Å². The van der Waals surface area contributed by atoms with Crippen LogP contribution in [0.4, 0.5) is 5.95 Å². The van der Waals surface area contributed by atoms with E-state index in [0.717, 1.165) is 6.42 Å². The molecule has 0 spiro atoms. The molecule has 1 fully saturated rings. The first-order valence-corrected chi connectivity index (χ1v) is 13.5. The van der Waals surface area contributed by atoms with Crippen LogP contribution in [0.25, 0.3) is 5.69 Å². The van der Waals surface area contributed by atoms with Crippen molar-refractivity contribution in [2.45, 2.75) is 43.6 Å². The van der Waals surface area contributed by atoms with Gasteiger partial charge in [0.15, 0.2) is 5.82 Å². The van der Waals surface area contributed by atoms with Gasteiger partial charge >= 0.3 is 0 Å². The lowest BCUT2D eigenvalue weighted by atomic mass is 10.2. The molecule has 1 saturated carbocycles. The number of anilines is 1. The van der Waals surface area contributed by atoms with Crippen molar-refractivity contribution in [1.82, 2.24) is 24.7 Å². The predicted octanol–water partition coefficient (Wildman–Crippen LogP) is 3.14. The van der Waals surface area contributed by atoms with E-state index >= 15 is 0 Å². The molecule has 200 valence electrons. The normalized spacial score (nSPS) is 18.8. The Bertz CT molecular complexity index is 1310. The number of nitrogens with zero attached hydrogens (tertiary/aromatic N) is 5. The van der Waals surface area contributed by atoms with E-state index in [1.54, 1.807) is 22.8 Å². The van der Waals surface area contributed by atoms with Gasteiger partial charge in [-0.1, -0.05) is 17.7 Å². The van der Waals surface area contributed by atoms with Crippen molar-refractivity contribution in [1.29, 1.82) is 0 Å². The maximum Gasteiger partial charge on any atom is 0.243 e. The lowest BCUT2D eigenvalue weighted by Gasteiger charge is -2.23. The highest BCUT2D eigenvalue weighted by Gasteiger charge is 2.45. The molecule has 4 rings (SSSR count). The summed E-state index contributed by atoms with van der Waals surface area (Å²) in [6.45, 7) is 3.96. The molecule has 1 aromatic carbocycles. The Morgan fingerprint density at radius 1 is 1.14 bits per heavy atom. The van der Waals surface area contributed by atoms with Crippen LogP contribution in [0.5, 0.6) is 11.5 Å². The molecule has 0 bridgehead atoms. The van der Waals surface area contributed by atoms with Crippen LogP contribution >= 0.6 is 11.6 Å². The van der Waals surface area contributed by atoms with Crippen molar-refractivity contribution in [3.05, 3.63) is 47.3 Å². The van der Waals surface area contributed by atoms with Crippen LogP contribution in [0.15, 0.2) is 30.6 Å². The molecule has 0 amide bonds. The monoisotopic (exact) mass is 552 g/mol. The molecular weight excluding hydrogens is 524 g/mol. The molecule has 0 saturated heterocycles. The number of hydrogen-bond acceptors (Lipinski definition) is 10. The van der Waals surface area contributed by atoms with Crippen molar-refractivity contribution in [3.8, 4) is 17.2 Å². The molecule has 14 heteroatoms. The summed E-state index contributed by atoms with van der Waals surface area (Å²) >= 11 is 5.88. The fourth-order valence-corrected chi connectivity index (χ4v) is 5.30. The van der Waals surface area contributed by atoms with Gasteiger partial charge in [0.25, 0.3) is 0 Å². The quantitative estimate of drug-likeness (QED) is 0.356. The minimum absolute atomic E-state index is 0.0290. The summed E-state index contributed by atoms with van der Waals surface area (Å²) in [4.78, 5) is 8.25. The van der Waals surface area contributed by atoms with E-state index in [9.17, 15) is 8.42 Å². The Labute approximate surface area is 220 Å². The highest BCUT2D eigenvalue weighted by Crippen LogP contribution is 2.46. The summed E-state index contributed by atoms with van der Waals surface area (Å²) in [5, 5.41) is 7.76. The average molecular weight is 553 g/mol. The molecule has 1 N–H and O–H groups in total. The number of halogens is 1. The van der Waals surface area contributed by atoms with Gasteiger partial charge in [0, 0.05) is 32.0 Å². The zero-order chi connectivity index (χ0) is 26.7. The number of sulfonamides is 1. The van der Waals surface area contributed by atoms with Crippen molar-refractivity contribution in [2.24, 2.45) is 0 Å². The van der Waals surface area contributed by atoms with Crippen LogP contribution in [0.1, 0.15) is 43.9 Å². The van der Waals surface area contributed by atoms with Gasteiger partial charge in [0.2, 0.25) is 16.0 Å². The first-order chi connectivity index (χ1) is 17.7. The number of nitrogens with one attached hydrogen (secondary N) is 1. The zero-order valence-electron chi connectivity index (χ0n) is 21.1. The van der Waals surface area contributed by atoms with Crippen LogP contribution in [0, 0.1) is 0 Å². The van der Waals surface area contributed by atoms with E-state index < -0.39 is 21.4 Å². The summed E-state index contributed by atoms with van der Waals surface area (Å²) in [6, 6.07) is 5.26. The number of methoxy groups -OCH3 is 3. The van der Waals surface area contributed by atoms with Crippen LogP contribution in [-0.2, 0) is 19.5 Å². The molecule has 2 aromatic heterocycles. The second-order valence-corrected chi connectivity index (χ2v) is 10.8. The van der Waals surface area contributed by atoms with Crippen LogP contribution in [0.2, 0.25) is 5.02 Å². The van der Waals surface area contributed by atoms with E-state index in [0.29, 0.717) is 34.6 Å². The average Bonchev–Trinajstić information content (AvgIpc) is 3.54. The molecule has 2 heterocycles. The van der Waals surface area contributed by atoms with Gasteiger partial charge in [0.1, 0.15) is 34.4 Å². The molecule has 2 unspecified atom stereocenters.